The fraction of sp³-hybridized carbons (Fsp3) is 0.286. The molecule has 0 saturated heterocycles. The van der Waals surface area contributed by atoms with Gasteiger partial charge in [-0.2, -0.15) is 0 Å². The van der Waals surface area contributed by atoms with Crippen LogP contribution in [0.1, 0.15) is 24.2 Å². The number of rotatable bonds is 6. The molecule has 1 N–H and O–H groups in total. The molecular formula is C21H21BrF2N2O4S. The smallest absolute Gasteiger partial charge is 0.255 e. The summed E-state index contributed by atoms with van der Waals surface area (Å²) in [7, 11) is -2.36. The summed E-state index contributed by atoms with van der Waals surface area (Å²) in [5, 5.41) is 2.97. The second kappa shape index (κ2) is 8.23. The molecule has 0 aliphatic rings. The van der Waals surface area contributed by atoms with E-state index >= 15 is 0 Å². The average Bonchev–Trinajstić information content (AvgIpc) is 3.02. The van der Waals surface area contributed by atoms with Crippen LogP contribution >= 0.6 is 15.9 Å². The number of nitrogens with zero attached hydrogens (tertiary/aromatic N) is 1. The van der Waals surface area contributed by atoms with Gasteiger partial charge < -0.3 is 9.73 Å². The lowest BCUT2D eigenvalue weighted by molar-refractivity contribution is 0.0964. The van der Waals surface area contributed by atoms with Crippen LogP contribution in [-0.4, -0.2) is 39.8 Å². The summed E-state index contributed by atoms with van der Waals surface area (Å²) in [5.41, 5.74) is -0.718. The van der Waals surface area contributed by atoms with Crippen LogP contribution in [0.25, 0.3) is 22.3 Å². The van der Waals surface area contributed by atoms with Gasteiger partial charge in [-0.25, -0.2) is 17.2 Å². The van der Waals surface area contributed by atoms with Crippen LogP contribution in [0.15, 0.2) is 45.3 Å². The number of hydrogen-bond donors (Lipinski definition) is 1. The lowest BCUT2D eigenvalue weighted by Gasteiger charge is -2.28. The molecule has 0 spiro atoms. The van der Waals surface area contributed by atoms with Gasteiger partial charge in [0.1, 0.15) is 22.8 Å². The van der Waals surface area contributed by atoms with Crippen molar-refractivity contribution in [3.63, 3.8) is 0 Å². The molecule has 0 fully saturated rings. The number of nitrogens with one attached hydrogen (secondary N) is 1. The first-order valence-corrected chi connectivity index (χ1v) is 11.9. The molecule has 6 nitrogen and oxygen atoms in total. The second-order valence-electron chi connectivity index (χ2n) is 7.68. The Balaban J connectivity index is 2.28. The van der Waals surface area contributed by atoms with Crippen molar-refractivity contribution < 1.29 is 26.4 Å². The van der Waals surface area contributed by atoms with Crippen LogP contribution in [0.5, 0.6) is 0 Å². The van der Waals surface area contributed by atoms with E-state index in [1.54, 1.807) is 6.07 Å². The zero-order valence-corrected chi connectivity index (χ0v) is 19.7. The summed E-state index contributed by atoms with van der Waals surface area (Å²) in [4.78, 5) is 12.6. The lowest BCUT2D eigenvalue weighted by Crippen LogP contribution is -2.39. The highest BCUT2D eigenvalue weighted by atomic mass is 79.9. The number of amides is 1. The van der Waals surface area contributed by atoms with E-state index in [1.807, 2.05) is 0 Å². The number of sulfonamides is 1. The Bertz CT molecular complexity index is 1250. The quantitative estimate of drug-likeness (QED) is 0.508. The zero-order valence-electron chi connectivity index (χ0n) is 17.3. The summed E-state index contributed by atoms with van der Waals surface area (Å²) >= 11 is 3.35. The van der Waals surface area contributed by atoms with Crippen LogP contribution in [0.2, 0.25) is 0 Å². The molecule has 3 aromatic rings. The average molecular weight is 515 g/mol. The van der Waals surface area contributed by atoms with E-state index in [1.165, 1.54) is 51.2 Å². The van der Waals surface area contributed by atoms with Crippen LogP contribution < -0.4 is 9.62 Å². The van der Waals surface area contributed by atoms with Crippen molar-refractivity contribution >= 4 is 48.5 Å². The predicted octanol–water partition coefficient (Wildman–Crippen LogP) is 4.88. The van der Waals surface area contributed by atoms with Crippen molar-refractivity contribution in [2.45, 2.75) is 19.5 Å². The van der Waals surface area contributed by atoms with Crippen LogP contribution in [0.4, 0.5) is 14.5 Å². The monoisotopic (exact) mass is 514 g/mol. The Morgan fingerprint density at radius 1 is 1.23 bits per heavy atom. The van der Waals surface area contributed by atoms with E-state index in [2.05, 4.69) is 21.2 Å². The molecule has 1 amide bonds. The minimum atomic E-state index is -3.82. The van der Waals surface area contributed by atoms with Gasteiger partial charge in [-0.3, -0.25) is 9.10 Å². The van der Waals surface area contributed by atoms with Crippen molar-refractivity contribution in [3.8, 4) is 11.3 Å². The summed E-state index contributed by atoms with van der Waals surface area (Å²) in [6.07, 6.45) is 0.984. The van der Waals surface area contributed by atoms with Gasteiger partial charge in [0.05, 0.1) is 24.1 Å². The molecule has 31 heavy (non-hydrogen) atoms. The molecule has 166 valence electrons. The van der Waals surface area contributed by atoms with Gasteiger partial charge in [-0.15, -0.1) is 0 Å². The molecule has 0 bridgehead atoms. The molecule has 3 rings (SSSR count). The highest BCUT2D eigenvalue weighted by molar-refractivity contribution is 9.10. The maximum Gasteiger partial charge on any atom is 0.255 e. The summed E-state index contributed by atoms with van der Waals surface area (Å²) < 4.78 is 59.7. The second-order valence-corrected chi connectivity index (χ2v) is 10.4. The van der Waals surface area contributed by atoms with Crippen LogP contribution in [0, 0.1) is 5.82 Å². The van der Waals surface area contributed by atoms with Crippen LogP contribution in [0.3, 0.4) is 0 Å². The maximum absolute atomic E-state index is 14.3. The van der Waals surface area contributed by atoms with Crippen molar-refractivity contribution in [1.29, 1.82) is 0 Å². The normalized spacial score (nSPS) is 12.2. The largest absolute Gasteiger partial charge is 0.455 e. The Labute approximate surface area is 187 Å². The van der Waals surface area contributed by atoms with Gasteiger partial charge >= 0.3 is 0 Å². The number of carbonyl (C=O) groups is 1. The van der Waals surface area contributed by atoms with Gasteiger partial charge in [0.25, 0.3) is 5.91 Å². The highest BCUT2D eigenvalue weighted by Crippen LogP contribution is 2.40. The summed E-state index contributed by atoms with van der Waals surface area (Å²) in [6, 6.07) is 8.42. The standard InChI is InChI=1S/C21H21BrF2N2O4S/c1-21(2,24)11-26(31(4,28)29)16-10-17-14(9-15(16)22)18(20(27)25-3)19(30-17)12-5-7-13(23)8-6-12/h5-10H,11H2,1-4H3,(H,25,27). The highest BCUT2D eigenvalue weighted by Gasteiger charge is 2.30. The van der Waals surface area contributed by atoms with Crippen molar-refractivity contribution in [1.82, 2.24) is 5.32 Å². The molecule has 0 aliphatic carbocycles. The first kappa shape index (κ1) is 23.2. The number of carbonyl (C=O) groups excluding carboxylic acids is 1. The molecule has 0 unspecified atom stereocenters. The minimum absolute atomic E-state index is 0.170. The van der Waals surface area contributed by atoms with E-state index in [9.17, 15) is 22.0 Å². The first-order valence-electron chi connectivity index (χ1n) is 9.22. The minimum Gasteiger partial charge on any atom is -0.455 e. The number of alkyl halides is 1. The molecule has 2 aromatic carbocycles. The Kier molecular flexibility index (Phi) is 6.16. The van der Waals surface area contributed by atoms with Gasteiger partial charge in [-0.1, -0.05) is 0 Å². The molecule has 0 saturated carbocycles. The maximum atomic E-state index is 14.3. The van der Waals surface area contributed by atoms with Gasteiger partial charge in [0.2, 0.25) is 10.0 Å². The number of anilines is 1. The van der Waals surface area contributed by atoms with Gasteiger partial charge in [0, 0.05) is 28.5 Å². The van der Waals surface area contributed by atoms with Crippen molar-refractivity contribution in [3.05, 3.63) is 52.3 Å². The fourth-order valence-corrected chi connectivity index (χ4v) is 4.90. The Morgan fingerprint density at radius 2 is 1.84 bits per heavy atom. The fourth-order valence-electron chi connectivity index (χ4n) is 3.17. The van der Waals surface area contributed by atoms with E-state index in [0.717, 1.165) is 10.6 Å². The third kappa shape index (κ3) is 4.90. The molecule has 0 atom stereocenters. The Morgan fingerprint density at radius 3 is 2.35 bits per heavy atom. The zero-order chi connectivity index (χ0) is 23.1. The van der Waals surface area contributed by atoms with Gasteiger partial charge in [-0.05, 0) is 60.1 Å². The number of hydrogen-bond acceptors (Lipinski definition) is 4. The third-order valence-electron chi connectivity index (χ3n) is 4.51. The molecule has 0 aliphatic heterocycles. The third-order valence-corrected chi connectivity index (χ3v) is 6.27. The van der Waals surface area contributed by atoms with E-state index < -0.39 is 34.0 Å². The molecular weight excluding hydrogens is 494 g/mol. The number of benzene rings is 2. The van der Waals surface area contributed by atoms with Gasteiger partial charge in [0.15, 0.2) is 0 Å². The molecule has 0 radical (unpaired) electrons. The van der Waals surface area contributed by atoms with Crippen LogP contribution in [-0.2, 0) is 10.0 Å². The molecule has 10 heteroatoms. The topological polar surface area (TPSA) is 79.6 Å². The number of furan rings is 1. The van der Waals surface area contributed by atoms with Crippen molar-refractivity contribution in [2.24, 2.45) is 0 Å². The predicted molar refractivity (Wildman–Crippen MR) is 120 cm³/mol. The number of fused-ring (bicyclic) bond motifs is 1. The molecule has 1 aromatic heterocycles. The lowest BCUT2D eigenvalue weighted by atomic mass is 10.0. The van der Waals surface area contributed by atoms with Crippen molar-refractivity contribution in [2.75, 3.05) is 24.2 Å². The first-order chi connectivity index (χ1) is 14.3. The molecule has 1 heterocycles. The van der Waals surface area contributed by atoms with E-state index in [0.29, 0.717) is 15.4 Å². The van der Waals surface area contributed by atoms with E-state index in [4.69, 9.17) is 4.42 Å². The Hall–Kier alpha value is -2.46. The summed E-state index contributed by atoms with van der Waals surface area (Å²) in [6.45, 7) is 2.14. The number of halogens is 3. The summed E-state index contributed by atoms with van der Waals surface area (Å²) in [5.74, 6) is -0.665. The SMILES string of the molecule is CNC(=O)c1c(-c2ccc(F)cc2)oc2cc(N(CC(C)(C)F)S(C)(=O)=O)c(Br)cc12. The van der Waals surface area contributed by atoms with E-state index in [-0.39, 0.29) is 22.6 Å².